The van der Waals surface area contributed by atoms with E-state index in [4.69, 9.17) is 9.05 Å². The molecule has 0 aliphatic carbocycles. The highest BCUT2D eigenvalue weighted by Gasteiger charge is 2.27. The van der Waals surface area contributed by atoms with Crippen LogP contribution >= 0.6 is 7.82 Å². The maximum atomic E-state index is 13.0. The lowest BCUT2D eigenvalue weighted by Gasteiger charge is -2.25. The first-order valence-electron chi connectivity index (χ1n) is 31.4. The number of phosphoric ester groups is 1. The molecule has 0 saturated carbocycles. The molecule has 0 aromatic rings. The summed E-state index contributed by atoms with van der Waals surface area (Å²) >= 11 is 0. The number of rotatable bonds is 58. The van der Waals surface area contributed by atoms with Gasteiger partial charge in [-0.15, -0.1) is 0 Å². The molecule has 0 rings (SSSR count). The Labute approximate surface area is 448 Å². The second-order valence-electron chi connectivity index (χ2n) is 22.8. The topological polar surface area (TPSA) is 105 Å². The number of quaternary nitrogens is 1. The number of allylic oxidation sites excluding steroid dienone is 5. The van der Waals surface area contributed by atoms with E-state index in [1.165, 1.54) is 250 Å². The van der Waals surface area contributed by atoms with Gasteiger partial charge in [0.2, 0.25) is 5.91 Å². The molecule has 3 atom stereocenters. The molecular weight excluding hydrogens is 912 g/mol. The van der Waals surface area contributed by atoms with Gasteiger partial charge in [-0.3, -0.25) is 13.8 Å². The predicted octanol–water partition coefficient (Wildman–Crippen LogP) is 19.3. The monoisotopic (exact) mass is 1040 g/mol. The SMILES string of the molecule is CCCCCCCCCCCCCC/C=C\CCCCCCCCCCCCCCCC(=O)NC(COP(=O)(O)OCC[N+](C)(C)C)C(O)/C=C/CC/C=C/CCCCCCCCCCCCCCCCC. The predicted molar refractivity (Wildman–Crippen MR) is 314 cm³/mol. The molecule has 3 unspecified atom stereocenters. The number of phosphoric acid groups is 1. The molecule has 0 aliphatic rings. The summed E-state index contributed by atoms with van der Waals surface area (Å²) in [5.74, 6) is -0.182. The van der Waals surface area contributed by atoms with Gasteiger partial charge in [0, 0.05) is 6.42 Å². The maximum absolute atomic E-state index is 13.0. The largest absolute Gasteiger partial charge is 0.472 e. The van der Waals surface area contributed by atoms with Gasteiger partial charge < -0.3 is 19.8 Å². The average molecular weight is 1040 g/mol. The number of likely N-dealkylation sites (N-methyl/N-ethyl adjacent to an activating group) is 1. The summed E-state index contributed by atoms with van der Waals surface area (Å²) in [6.07, 6.45) is 71.3. The van der Waals surface area contributed by atoms with Crippen molar-refractivity contribution in [2.24, 2.45) is 0 Å². The van der Waals surface area contributed by atoms with Crippen LogP contribution in [0.2, 0.25) is 0 Å². The number of hydrogen-bond acceptors (Lipinski definition) is 5. The highest BCUT2D eigenvalue weighted by molar-refractivity contribution is 7.47. The van der Waals surface area contributed by atoms with Crippen LogP contribution in [0.4, 0.5) is 0 Å². The highest BCUT2D eigenvalue weighted by atomic mass is 31.2. The molecule has 0 aromatic carbocycles. The van der Waals surface area contributed by atoms with Crippen molar-refractivity contribution in [3.8, 4) is 0 Å². The number of aliphatic hydroxyl groups is 1. The molecule has 72 heavy (non-hydrogen) atoms. The molecule has 3 N–H and O–H groups in total. The second kappa shape index (κ2) is 54.5. The summed E-state index contributed by atoms with van der Waals surface area (Å²) < 4.78 is 23.7. The number of amides is 1. The van der Waals surface area contributed by atoms with Gasteiger partial charge >= 0.3 is 7.82 Å². The van der Waals surface area contributed by atoms with Crippen molar-refractivity contribution in [3.05, 3.63) is 36.5 Å². The van der Waals surface area contributed by atoms with Crippen molar-refractivity contribution in [3.63, 3.8) is 0 Å². The van der Waals surface area contributed by atoms with E-state index in [2.05, 4.69) is 43.5 Å². The number of carbonyl (C=O) groups is 1. The summed E-state index contributed by atoms with van der Waals surface area (Å²) in [5.41, 5.74) is 0. The smallest absolute Gasteiger partial charge is 0.387 e. The number of hydrogen-bond donors (Lipinski definition) is 3. The molecular formula is C63H124N2O6P+. The van der Waals surface area contributed by atoms with E-state index >= 15 is 0 Å². The van der Waals surface area contributed by atoms with Crippen molar-refractivity contribution < 1.29 is 32.9 Å². The van der Waals surface area contributed by atoms with Crippen LogP contribution in [0.15, 0.2) is 36.5 Å². The van der Waals surface area contributed by atoms with E-state index in [9.17, 15) is 19.4 Å². The Hall–Kier alpha value is -1.28. The van der Waals surface area contributed by atoms with E-state index in [1.54, 1.807) is 6.08 Å². The molecule has 0 heterocycles. The quantitative estimate of drug-likeness (QED) is 0.0243. The summed E-state index contributed by atoms with van der Waals surface area (Å²) in [5, 5.41) is 13.9. The lowest BCUT2D eigenvalue weighted by molar-refractivity contribution is -0.870. The molecule has 0 fully saturated rings. The fourth-order valence-corrected chi connectivity index (χ4v) is 10.1. The first-order chi connectivity index (χ1) is 35.0. The molecule has 1 amide bonds. The standard InChI is InChI=1S/C63H123N2O6P/c1-6-8-10-12-14-16-18-20-22-24-26-28-29-30-31-32-33-34-35-37-39-41-43-45-47-49-51-53-55-57-63(67)64-61(60-71-72(68,69)70-59-58-65(3,4)5)62(66)56-54-52-50-48-46-44-42-40-38-36-27-25-23-21-19-17-15-13-11-9-7-2/h30-31,46,48,54,56,61-62,66H,6-29,32-45,47,49-53,55,57-60H2,1-5H3,(H-,64,67,68,69)/p+1/b31-30-,48-46+,56-54+. The lowest BCUT2D eigenvalue weighted by atomic mass is 10.0. The van der Waals surface area contributed by atoms with Gasteiger partial charge in [-0.1, -0.05) is 281 Å². The van der Waals surface area contributed by atoms with Gasteiger partial charge in [0.25, 0.3) is 0 Å². The number of aliphatic hydroxyl groups excluding tert-OH is 1. The first kappa shape index (κ1) is 70.7. The normalized spacial score (nSPS) is 14.0. The number of nitrogens with one attached hydrogen (secondary N) is 1. The van der Waals surface area contributed by atoms with Crippen LogP contribution in [-0.2, 0) is 18.4 Å². The van der Waals surface area contributed by atoms with Crippen molar-refractivity contribution in [2.75, 3.05) is 40.9 Å². The molecule has 0 bridgehead atoms. The zero-order valence-electron chi connectivity index (χ0n) is 48.7. The first-order valence-corrected chi connectivity index (χ1v) is 32.9. The lowest BCUT2D eigenvalue weighted by Crippen LogP contribution is -2.45. The highest BCUT2D eigenvalue weighted by Crippen LogP contribution is 2.43. The van der Waals surface area contributed by atoms with Gasteiger partial charge in [-0.25, -0.2) is 4.57 Å². The average Bonchev–Trinajstić information content (AvgIpc) is 3.34. The Morgan fingerprint density at radius 1 is 0.458 bits per heavy atom. The molecule has 0 aromatic heterocycles. The number of nitrogens with zero attached hydrogens (tertiary/aromatic N) is 1. The van der Waals surface area contributed by atoms with Gasteiger partial charge in [0.15, 0.2) is 0 Å². The second-order valence-corrected chi connectivity index (χ2v) is 24.2. The minimum Gasteiger partial charge on any atom is -0.387 e. The Morgan fingerprint density at radius 2 is 0.764 bits per heavy atom. The number of unbranched alkanes of at least 4 members (excludes halogenated alkanes) is 41. The number of carbonyl (C=O) groups excluding carboxylic acids is 1. The fourth-order valence-electron chi connectivity index (χ4n) is 9.41. The van der Waals surface area contributed by atoms with Crippen LogP contribution in [0.25, 0.3) is 0 Å². The van der Waals surface area contributed by atoms with E-state index < -0.39 is 20.0 Å². The van der Waals surface area contributed by atoms with Crippen LogP contribution in [0.5, 0.6) is 0 Å². The third kappa shape index (κ3) is 56.4. The van der Waals surface area contributed by atoms with Gasteiger partial charge in [0.05, 0.1) is 39.9 Å². The third-order valence-corrected chi connectivity index (χ3v) is 15.3. The van der Waals surface area contributed by atoms with E-state index in [0.717, 1.165) is 38.5 Å². The van der Waals surface area contributed by atoms with Gasteiger partial charge in [-0.05, 0) is 57.8 Å². The van der Waals surface area contributed by atoms with E-state index in [-0.39, 0.29) is 19.1 Å². The minimum absolute atomic E-state index is 0.0572. The van der Waals surface area contributed by atoms with Crippen LogP contribution in [0.3, 0.4) is 0 Å². The van der Waals surface area contributed by atoms with Crippen LogP contribution < -0.4 is 5.32 Å². The van der Waals surface area contributed by atoms with Crippen molar-refractivity contribution in [1.82, 2.24) is 5.32 Å². The maximum Gasteiger partial charge on any atom is 0.472 e. The van der Waals surface area contributed by atoms with E-state index in [1.807, 2.05) is 27.2 Å². The Morgan fingerprint density at radius 3 is 1.11 bits per heavy atom. The minimum atomic E-state index is -4.36. The van der Waals surface area contributed by atoms with Crippen molar-refractivity contribution in [2.45, 2.75) is 321 Å². The summed E-state index contributed by atoms with van der Waals surface area (Å²) in [6.45, 7) is 4.84. The Kier molecular flexibility index (Phi) is 53.5. The summed E-state index contributed by atoms with van der Waals surface area (Å²) in [4.78, 5) is 23.3. The molecule has 9 heteroatoms. The van der Waals surface area contributed by atoms with Gasteiger partial charge in [0.1, 0.15) is 13.2 Å². The Bertz CT molecular complexity index is 1270. The van der Waals surface area contributed by atoms with Gasteiger partial charge in [-0.2, -0.15) is 0 Å². The molecule has 0 aliphatic heterocycles. The van der Waals surface area contributed by atoms with Crippen LogP contribution in [0, 0.1) is 0 Å². The van der Waals surface area contributed by atoms with Crippen LogP contribution in [-0.4, -0.2) is 73.4 Å². The zero-order chi connectivity index (χ0) is 52.7. The van der Waals surface area contributed by atoms with Crippen LogP contribution in [0.1, 0.15) is 309 Å². The molecule has 0 saturated heterocycles. The molecule has 0 spiro atoms. The fraction of sp³-hybridized carbons (Fsp3) is 0.889. The van der Waals surface area contributed by atoms with E-state index in [0.29, 0.717) is 17.4 Å². The summed E-state index contributed by atoms with van der Waals surface area (Å²) in [6, 6.07) is -0.863. The molecule has 426 valence electrons. The van der Waals surface area contributed by atoms with Crippen molar-refractivity contribution in [1.29, 1.82) is 0 Å². The summed E-state index contributed by atoms with van der Waals surface area (Å²) in [7, 11) is 1.57. The zero-order valence-corrected chi connectivity index (χ0v) is 49.6. The molecule has 0 radical (unpaired) electrons. The molecule has 8 nitrogen and oxygen atoms in total. The van der Waals surface area contributed by atoms with Crippen molar-refractivity contribution >= 4 is 13.7 Å². The third-order valence-electron chi connectivity index (χ3n) is 14.3. The Balaban J connectivity index is 4.14.